The van der Waals surface area contributed by atoms with Gasteiger partial charge in [-0.1, -0.05) is 0 Å². The first-order valence-electron chi connectivity index (χ1n) is 4.28. The Morgan fingerprint density at radius 3 is 2.64 bits per heavy atom. The fraction of sp³-hybridized carbons (Fsp3) is 0.889. The summed E-state index contributed by atoms with van der Waals surface area (Å²) in [6.07, 6.45) is 4.13. The molecule has 0 N–H and O–H groups in total. The third kappa shape index (κ3) is 0.883. The molecule has 2 atom stereocenters. The van der Waals surface area contributed by atoms with Crippen LogP contribution < -0.4 is 0 Å². The molecule has 0 aromatic carbocycles. The molecule has 1 saturated carbocycles. The molecule has 1 heterocycles. The van der Waals surface area contributed by atoms with Gasteiger partial charge in [-0.05, 0) is 33.1 Å². The van der Waals surface area contributed by atoms with Crippen LogP contribution in [0.25, 0.3) is 0 Å². The maximum Gasteiger partial charge on any atom is 0.312 e. The van der Waals surface area contributed by atoms with Gasteiger partial charge in [0.25, 0.3) is 0 Å². The van der Waals surface area contributed by atoms with Gasteiger partial charge >= 0.3 is 5.97 Å². The fourth-order valence-electron chi connectivity index (χ4n) is 2.46. The Kier molecular flexibility index (Phi) is 1.16. The van der Waals surface area contributed by atoms with Gasteiger partial charge in [-0.15, -0.1) is 0 Å². The smallest absolute Gasteiger partial charge is 0.312 e. The zero-order valence-electron chi connectivity index (χ0n) is 7.14. The van der Waals surface area contributed by atoms with E-state index in [2.05, 4.69) is 6.92 Å². The molecule has 11 heavy (non-hydrogen) atoms. The summed E-state index contributed by atoms with van der Waals surface area (Å²) in [5, 5.41) is 0. The molecule has 0 amide bonds. The van der Waals surface area contributed by atoms with Crippen molar-refractivity contribution >= 4 is 5.97 Å². The number of carbonyl (C=O) groups excluding carboxylic acids is 1. The van der Waals surface area contributed by atoms with E-state index in [0.29, 0.717) is 0 Å². The second kappa shape index (κ2) is 1.79. The van der Waals surface area contributed by atoms with E-state index in [0.717, 1.165) is 25.7 Å². The van der Waals surface area contributed by atoms with Crippen LogP contribution in [-0.2, 0) is 9.53 Å². The minimum absolute atomic E-state index is 0.0255. The monoisotopic (exact) mass is 154 g/mol. The fourth-order valence-corrected chi connectivity index (χ4v) is 2.46. The van der Waals surface area contributed by atoms with Crippen molar-refractivity contribution < 1.29 is 9.53 Å². The molecule has 2 aliphatic rings. The topological polar surface area (TPSA) is 26.3 Å². The van der Waals surface area contributed by atoms with Crippen molar-refractivity contribution in [3.05, 3.63) is 0 Å². The average molecular weight is 154 g/mol. The third-order valence-electron chi connectivity index (χ3n) is 3.03. The van der Waals surface area contributed by atoms with E-state index in [-0.39, 0.29) is 17.0 Å². The van der Waals surface area contributed by atoms with Crippen molar-refractivity contribution in [3.63, 3.8) is 0 Å². The van der Waals surface area contributed by atoms with Crippen molar-refractivity contribution in [2.24, 2.45) is 5.41 Å². The first-order valence-corrected chi connectivity index (χ1v) is 4.28. The van der Waals surface area contributed by atoms with Gasteiger partial charge < -0.3 is 4.74 Å². The zero-order valence-corrected chi connectivity index (χ0v) is 7.14. The molecule has 2 rings (SSSR count). The SMILES string of the molecule is CC12CCCC(C)(C1)C(=O)O2. The third-order valence-corrected chi connectivity index (χ3v) is 3.03. The van der Waals surface area contributed by atoms with Crippen LogP contribution in [0.5, 0.6) is 0 Å². The number of hydrogen-bond donors (Lipinski definition) is 0. The van der Waals surface area contributed by atoms with Crippen LogP contribution in [0.15, 0.2) is 0 Å². The van der Waals surface area contributed by atoms with Crippen LogP contribution in [0, 0.1) is 5.41 Å². The van der Waals surface area contributed by atoms with E-state index >= 15 is 0 Å². The molecular formula is C9H14O2. The van der Waals surface area contributed by atoms with Crippen molar-refractivity contribution in [1.29, 1.82) is 0 Å². The Labute approximate surface area is 66.9 Å². The first kappa shape index (κ1) is 7.14. The van der Waals surface area contributed by atoms with Crippen LogP contribution in [-0.4, -0.2) is 11.6 Å². The Bertz CT molecular complexity index is 212. The highest BCUT2D eigenvalue weighted by atomic mass is 16.6. The summed E-state index contributed by atoms with van der Waals surface area (Å²) < 4.78 is 5.34. The minimum Gasteiger partial charge on any atom is -0.459 e. The van der Waals surface area contributed by atoms with Crippen molar-refractivity contribution in [3.8, 4) is 0 Å². The molecule has 2 unspecified atom stereocenters. The van der Waals surface area contributed by atoms with Gasteiger partial charge in [-0.25, -0.2) is 0 Å². The van der Waals surface area contributed by atoms with Crippen LogP contribution in [0.2, 0.25) is 0 Å². The molecule has 2 bridgehead atoms. The molecule has 0 aromatic heterocycles. The lowest BCUT2D eigenvalue weighted by Crippen LogP contribution is -2.29. The van der Waals surface area contributed by atoms with Gasteiger partial charge in [0, 0.05) is 6.42 Å². The first-order chi connectivity index (χ1) is 5.04. The molecule has 0 spiro atoms. The van der Waals surface area contributed by atoms with E-state index in [9.17, 15) is 4.79 Å². The lowest BCUT2D eigenvalue weighted by molar-refractivity contribution is -0.151. The van der Waals surface area contributed by atoms with E-state index < -0.39 is 0 Å². The van der Waals surface area contributed by atoms with Crippen molar-refractivity contribution in [2.75, 3.05) is 0 Å². The predicted molar refractivity (Wildman–Crippen MR) is 41.1 cm³/mol. The molecule has 2 fully saturated rings. The minimum atomic E-state index is -0.146. The van der Waals surface area contributed by atoms with Crippen molar-refractivity contribution in [2.45, 2.75) is 45.1 Å². The van der Waals surface area contributed by atoms with Crippen LogP contribution in [0.4, 0.5) is 0 Å². The number of ether oxygens (including phenoxy) is 1. The Balaban J connectivity index is 2.33. The quantitative estimate of drug-likeness (QED) is 0.498. The molecular weight excluding hydrogens is 140 g/mol. The predicted octanol–water partition coefficient (Wildman–Crippen LogP) is 1.88. The Hall–Kier alpha value is -0.530. The van der Waals surface area contributed by atoms with E-state index in [1.54, 1.807) is 0 Å². The zero-order chi connectivity index (χ0) is 8.11. The lowest BCUT2D eigenvalue weighted by atomic mass is 9.72. The maximum absolute atomic E-state index is 11.4. The summed E-state index contributed by atoms with van der Waals surface area (Å²) in [6.45, 7) is 4.08. The number of fused-ring (bicyclic) bond motifs is 2. The standard InChI is InChI=1S/C9H14O2/c1-8-4-3-5-9(2,6-8)11-7(8)10/h3-6H2,1-2H3. The highest BCUT2D eigenvalue weighted by Crippen LogP contribution is 2.50. The summed E-state index contributed by atoms with van der Waals surface area (Å²) in [5.74, 6) is 0.0255. The van der Waals surface area contributed by atoms with Gasteiger partial charge in [0.1, 0.15) is 5.60 Å². The van der Waals surface area contributed by atoms with Gasteiger partial charge in [-0.3, -0.25) is 4.79 Å². The van der Waals surface area contributed by atoms with Crippen LogP contribution in [0.3, 0.4) is 0 Å². The second-order valence-corrected chi connectivity index (χ2v) is 4.43. The summed E-state index contributed by atoms with van der Waals surface area (Å²) in [6, 6.07) is 0. The second-order valence-electron chi connectivity index (χ2n) is 4.43. The number of rotatable bonds is 0. The van der Waals surface area contributed by atoms with Gasteiger partial charge in [0.15, 0.2) is 0 Å². The Morgan fingerprint density at radius 1 is 1.36 bits per heavy atom. The number of hydrogen-bond acceptors (Lipinski definition) is 2. The van der Waals surface area contributed by atoms with Crippen LogP contribution in [0.1, 0.15) is 39.5 Å². The Morgan fingerprint density at radius 2 is 2.09 bits per heavy atom. The lowest BCUT2D eigenvalue weighted by Gasteiger charge is -2.29. The largest absolute Gasteiger partial charge is 0.459 e. The normalized spacial score (nSPS) is 49.1. The molecule has 62 valence electrons. The summed E-state index contributed by atoms with van der Waals surface area (Å²) in [4.78, 5) is 11.4. The van der Waals surface area contributed by atoms with E-state index in [1.165, 1.54) is 0 Å². The van der Waals surface area contributed by atoms with Gasteiger partial charge in [0.2, 0.25) is 0 Å². The molecule has 1 aliphatic carbocycles. The van der Waals surface area contributed by atoms with Crippen LogP contribution >= 0.6 is 0 Å². The molecule has 1 aliphatic heterocycles. The van der Waals surface area contributed by atoms with E-state index in [1.807, 2.05) is 6.92 Å². The molecule has 0 aromatic rings. The molecule has 2 nitrogen and oxygen atoms in total. The number of carbonyl (C=O) groups is 1. The summed E-state index contributed by atoms with van der Waals surface area (Å²) in [7, 11) is 0. The molecule has 2 heteroatoms. The molecule has 1 saturated heterocycles. The highest BCUT2D eigenvalue weighted by Gasteiger charge is 2.53. The average Bonchev–Trinajstić information content (AvgIpc) is 1.99. The summed E-state index contributed by atoms with van der Waals surface area (Å²) >= 11 is 0. The number of esters is 1. The van der Waals surface area contributed by atoms with E-state index in [4.69, 9.17) is 4.74 Å². The molecule has 0 radical (unpaired) electrons. The maximum atomic E-state index is 11.4. The van der Waals surface area contributed by atoms with Gasteiger partial charge in [0.05, 0.1) is 5.41 Å². The van der Waals surface area contributed by atoms with Gasteiger partial charge in [-0.2, -0.15) is 0 Å². The highest BCUT2D eigenvalue weighted by molar-refractivity contribution is 5.79. The van der Waals surface area contributed by atoms with Crippen molar-refractivity contribution in [1.82, 2.24) is 0 Å². The summed E-state index contributed by atoms with van der Waals surface area (Å²) in [5.41, 5.74) is -0.267.